The van der Waals surface area contributed by atoms with Gasteiger partial charge in [0.1, 0.15) is 0 Å². The van der Waals surface area contributed by atoms with Gasteiger partial charge in [0.25, 0.3) is 0 Å². The van der Waals surface area contributed by atoms with E-state index in [1.54, 1.807) is 0 Å². The van der Waals surface area contributed by atoms with Crippen molar-refractivity contribution in [1.29, 1.82) is 0 Å². The molecular weight excluding hydrogens is 379 g/mol. The van der Waals surface area contributed by atoms with E-state index in [9.17, 15) is 0 Å². The molecule has 2 aromatic carbocycles. The molecule has 0 spiro atoms. The van der Waals surface area contributed by atoms with Crippen LogP contribution in [0.15, 0.2) is 85.2 Å². The van der Waals surface area contributed by atoms with E-state index in [1.165, 1.54) is 10.8 Å². The van der Waals surface area contributed by atoms with Gasteiger partial charge >= 0.3 is 33.3 Å². The van der Waals surface area contributed by atoms with Gasteiger partial charge in [0.2, 0.25) is 0 Å². The SMILES string of the molecule is [Cl][Cu][Cl].c1ccc2ncccc2c1.c1ccc2ncccc2c1. The molecule has 4 rings (SSSR count). The van der Waals surface area contributed by atoms with Crippen LogP contribution in [0.25, 0.3) is 21.8 Å². The van der Waals surface area contributed by atoms with Gasteiger partial charge in [-0.25, -0.2) is 0 Å². The summed E-state index contributed by atoms with van der Waals surface area (Å²) in [5.41, 5.74) is 2.12. The van der Waals surface area contributed by atoms with Crippen LogP contribution < -0.4 is 0 Å². The summed E-state index contributed by atoms with van der Waals surface area (Å²) in [5, 5.41) is 2.40. The molecule has 121 valence electrons. The maximum Gasteiger partial charge on any atom is 0.0701 e. The Bertz CT molecular complexity index is 653. The molecule has 0 aliphatic rings. The van der Waals surface area contributed by atoms with Gasteiger partial charge in [-0.3, -0.25) is 9.97 Å². The first-order valence-electron chi connectivity index (χ1n) is 6.76. The molecule has 0 bridgehead atoms. The number of para-hydroxylation sites is 2. The van der Waals surface area contributed by atoms with Gasteiger partial charge in [0, 0.05) is 23.2 Å². The van der Waals surface area contributed by atoms with Gasteiger partial charge in [-0.2, -0.15) is 0 Å². The van der Waals surface area contributed by atoms with E-state index in [1.807, 2.05) is 60.9 Å². The van der Waals surface area contributed by atoms with Crippen LogP contribution in [0.2, 0.25) is 0 Å². The molecule has 5 heteroatoms. The number of hydrogen-bond donors (Lipinski definition) is 0. The second kappa shape index (κ2) is 10.2. The Morgan fingerprint density at radius 2 is 0.913 bits per heavy atom. The summed E-state index contributed by atoms with van der Waals surface area (Å²) >= 11 is 0.757. The second-order valence-electron chi connectivity index (χ2n) is 4.44. The van der Waals surface area contributed by atoms with Crippen LogP contribution in [0.5, 0.6) is 0 Å². The molecule has 0 fully saturated rings. The molecule has 0 aliphatic carbocycles. The fraction of sp³-hybridized carbons (Fsp3) is 0. The quantitative estimate of drug-likeness (QED) is 0.351. The van der Waals surface area contributed by atoms with E-state index in [0.717, 1.165) is 24.2 Å². The van der Waals surface area contributed by atoms with Gasteiger partial charge in [-0.05, 0) is 24.3 Å². The van der Waals surface area contributed by atoms with Crippen molar-refractivity contribution in [1.82, 2.24) is 9.97 Å². The summed E-state index contributed by atoms with van der Waals surface area (Å²) in [4.78, 5) is 8.36. The number of pyridine rings is 2. The van der Waals surface area contributed by atoms with Gasteiger partial charge in [0.05, 0.1) is 11.0 Å². The first-order valence-corrected chi connectivity index (χ1v) is 9.35. The Balaban J connectivity index is 0.000000143. The molecule has 0 saturated heterocycles. The maximum absolute atomic E-state index is 4.67. The standard InChI is InChI=1S/2C9H7N.2ClH.Cu/c2*1-2-6-9-8(4-1)5-3-7-10-9;;;/h2*1-7H;2*1H;/q;;;;+2/p-2. The van der Waals surface area contributed by atoms with E-state index < -0.39 is 0 Å². The molecule has 0 aliphatic heterocycles. The molecular formula is C18H14Cl2CuN2. The number of hydrogen-bond acceptors (Lipinski definition) is 2. The summed E-state index contributed by atoms with van der Waals surface area (Å²) in [6.07, 6.45) is 3.62. The summed E-state index contributed by atoms with van der Waals surface area (Å²) < 4.78 is 0. The van der Waals surface area contributed by atoms with Crippen molar-refractivity contribution in [3.63, 3.8) is 0 Å². The molecule has 0 radical (unpaired) electrons. The Morgan fingerprint density at radius 3 is 1.30 bits per heavy atom. The van der Waals surface area contributed by atoms with Crippen molar-refractivity contribution in [3.8, 4) is 0 Å². The Morgan fingerprint density at radius 1 is 0.565 bits per heavy atom. The molecule has 0 N–H and O–H groups in total. The summed E-state index contributed by atoms with van der Waals surface area (Å²) in [6.45, 7) is 0. The molecule has 0 amide bonds. The fourth-order valence-electron chi connectivity index (χ4n) is 2.03. The van der Waals surface area contributed by atoms with E-state index >= 15 is 0 Å². The van der Waals surface area contributed by atoms with Crippen molar-refractivity contribution < 1.29 is 13.1 Å². The average Bonchev–Trinajstić information content (AvgIpc) is 2.63. The first kappa shape index (κ1) is 17.7. The van der Waals surface area contributed by atoms with E-state index in [0.29, 0.717) is 0 Å². The third-order valence-electron chi connectivity index (χ3n) is 3.02. The fourth-order valence-corrected chi connectivity index (χ4v) is 2.03. The minimum atomic E-state index is 0.757. The first-order chi connectivity index (χ1) is 11.3. The summed E-state index contributed by atoms with van der Waals surface area (Å²) in [7, 11) is 9.34. The van der Waals surface area contributed by atoms with Crippen molar-refractivity contribution >= 4 is 42.0 Å². The van der Waals surface area contributed by atoms with Crippen LogP contribution in [-0.2, 0) is 13.1 Å². The monoisotopic (exact) mass is 391 g/mol. The molecule has 0 atom stereocenters. The predicted octanol–water partition coefficient (Wildman–Crippen LogP) is 5.85. The second-order valence-corrected chi connectivity index (χ2v) is 5.99. The van der Waals surface area contributed by atoms with Crippen molar-refractivity contribution in [2.75, 3.05) is 0 Å². The molecule has 0 unspecified atom stereocenters. The predicted molar refractivity (Wildman–Crippen MR) is 95.2 cm³/mol. The zero-order valence-corrected chi connectivity index (χ0v) is 14.5. The average molecular weight is 393 g/mol. The van der Waals surface area contributed by atoms with Crippen LogP contribution in [0.1, 0.15) is 0 Å². The van der Waals surface area contributed by atoms with Crippen LogP contribution in [0, 0.1) is 0 Å². The zero-order chi connectivity index (χ0) is 16.3. The summed E-state index contributed by atoms with van der Waals surface area (Å²) in [5.74, 6) is 0. The molecule has 23 heavy (non-hydrogen) atoms. The number of benzene rings is 2. The number of halogens is 2. The number of nitrogens with zero attached hydrogens (tertiary/aromatic N) is 2. The minimum Gasteiger partial charge on any atom is -0.256 e. The van der Waals surface area contributed by atoms with Gasteiger partial charge in [0.15, 0.2) is 0 Å². The topological polar surface area (TPSA) is 25.8 Å². The number of aromatic nitrogens is 2. The smallest absolute Gasteiger partial charge is 0.0701 e. The van der Waals surface area contributed by atoms with Gasteiger partial charge in [-0.15, -0.1) is 0 Å². The molecule has 4 aromatic rings. The number of fused-ring (bicyclic) bond motifs is 2. The normalized spacial score (nSPS) is 9.65. The Kier molecular flexibility index (Phi) is 7.85. The Labute approximate surface area is 150 Å². The number of rotatable bonds is 0. The zero-order valence-electron chi connectivity index (χ0n) is 12.0. The molecule has 2 aromatic heterocycles. The largest absolute Gasteiger partial charge is 0.256 e. The van der Waals surface area contributed by atoms with Crippen LogP contribution in [0.3, 0.4) is 0 Å². The van der Waals surface area contributed by atoms with Crippen LogP contribution in [0.4, 0.5) is 0 Å². The minimum absolute atomic E-state index is 0.757. The maximum atomic E-state index is 4.67. The van der Waals surface area contributed by atoms with Crippen LogP contribution in [-0.4, -0.2) is 9.97 Å². The third-order valence-corrected chi connectivity index (χ3v) is 3.02. The van der Waals surface area contributed by atoms with Crippen molar-refractivity contribution in [2.24, 2.45) is 0 Å². The van der Waals surface area contributed by atoms with Crippen molar-refractivity contribution in [2.45, 2.75) is 0 Å². The van der Waals surface area contributed by atoms with E-state index in [2.05, 4.69) is 54.4 Å². The van der Waals surface area contributed by atoms with Crippen molar-refractivity contribution in [3.05, 3.63) is 85.2 Å². The summed E-state index contributed by atoms with van der Waals surface area (Å²) in [6, 6.07) is 24.2. The van der Waals surface area contributed by atoms with Crippen LogP contribution >= 0.6 is 20.2 Å². The molecule has 0 saturated carbocycles. The van der Waals surface area contributed by atoms with Gasteiger partial charge < -0.3 is 0 Å². The molecule has 2 nitrogen and oxygen atoms in total. The Hall–Kier alpha value is -1.64. The van der Waals surface area contributed by atoms with E-state index in [4.69, 9.17) is 0 Å². The third kappa shape index (κ3) is 5.81. The van der Waals surface area contributed by atoms with Gasteiger partial charge in [-0.1, -0.05) is 48.5 Å². The molecule has 2 heterocycles. The van der Waals surface area contributed by atoms with E-state index in [-0.39, 0.29) is 0 Å².